The van der Waals surface area contributed by atoms with Crippen LogP contribution in [-0.4, -0.2) is 16.2 Å². The van der Waals surface area contributed by atoms with Crippen LogP contribution in [-0.2, 0) is 23.7 Å². The largest absolute Gasteiger partial charge is 0.457 e. The van der Waals surface area contributed by atoms with E-state index in [9.17, 15) is 0 Å². The maximum absolute atomic E-state index is 6.76. The Morgan fingerprint density at radius 3 is 2.05 bits per heavy atom. The van der Waals surface area contributed by atoms with Crippen LogP contribution >= 0.6 is 0 Å². The first-order valence-electron chi connectivity index (χ1n) is 19.8. The first-order chi connectivity index (χ1) is 27.1. The monoisotopic (exact) mass is 730 g/mol. The highest BCUT2D eigenvalue weighted by Crippen LogP contribution is 2.46. The van der Waals surface area contributed by atoms with E-state index in [0.29, 0.717) is 6.67 Å². The van der Waals surface area contributed by atoms with Crippen molar-refractivity contribution in [3.63, 3.8) is 0 Å². The lowest BCUT2D eigenvalue weighted by Gasteiger charge is -2.29. The van der Waals surface area contributed by atoms with Crippen molar-refractivity contribution >= 4 is 44.6 Å². The SMILES string of the molecule is CC(C)(C)c1ccc2c(c1)c1ccc3cc1n2-c1cc(C(C)(C)c2ccccc2)c(cn1)CCc1ccccc1N1CN(c2cccc(c2)O3)c2ccccc21. The van der Waals surface area contributed by atoms with E-state index in [1.54, 1.807) is 0 Å². The summed E-state index contributed by atoms with van der Waals surface area (Å²) in [7, 11) is 0. The number of aromatic nitrogens is 2. The molecule has 0 amide bonds. The highest BCUT2D eigenvalue weighted by atomic mass is 16.5. The Bertz CT molecular complexity index is 2790. The second kappa shape index (κ2) is 12.9. The van der Waals surface area contributed by atoms with Crippen LogP contribution in [0.25, 0.3) is 27.6 Å². The van der Waals surface area contributed by atoms with Crippen LogP contribution in [0.2, 0.25) is 0 Å². The number of pyridine rings is 1. The third-order valence-corrected chi connectivity index (χ3v) is 12.0. The molecule has 0 saturated heterocycles. The van der Waals surface area contributed by atoms with Gasteiger partial charge in [0, 0.05) is 45.9 Å². The van der Waals surface area contributed by atoms with Crippen molar-refractivity contribution in [3.8, 4) is 17.3 Å². The molecular weight excluding hydrogens is 685 g/mol. The molecule has 6 aromatic carbocycles. The summed E-state index contributed by atoms with van der Waals surface area (Å²) in [6.07, 6.45) is 3.88. The highest BCUT2D eigenvalue weighted by molar-refractivity contribution is 6.10. The molecule has 5 heteroatoms. The average Bonchev–Trinajstić information content (AvgIpc) is 3.76. The summed E-state index contributed by atoms with van der Waals surface area (Å²) < 4.78 is 9.10. The van der Waals surface area contributed by atoms with Crippen LogP contribution in [0.5, 0.6) is 11.5 Å². The molecule has 8 bridgehead atoms. The van der Waals surface area contributed by atoms with Crippen LogP contribution in [0.4, 0.5) is 22.7 Å². The van der Waals surface area contributed by atoms with Gasteiger partial charge in [0.15, 0.2) is 0 Å². The molecule has 0 aliphatic carbocycles. The third kappa shape index (κ3) is 5.64. The van der Waals surface area contributed by atoms with Crippen molar-refractivity contribution in [3.05, 3.63) is 180 Å². The Morgan fingerprint density at radius 1 is 0.536 bits per heavy atom. The summed E-state index contributed by atoms with van der Waals surface area (Å²) in [5, 5.41) is 2.39. The van der Waals surface area contributed by atoms with Gasteiger partial charge < -0.3 is 14.5 Å². The maximum atomic E-state index is 6.76. The summed E-state index contributed by atoms with van der Waals surface area (Å²) in [4.78, 5) is 10.2. The summed E-state index contributed by atoms with van der Waals surface area (Å²) in [5.41, 5.74) is 13.1. The number of hydrogen-bond donors (Lipinski definition) is 0. The fourth-order valence-electron chi connectivity index (χ4n) is 8.91. The molecule has 56 heavy (non-hydrogen) atoms. The van der Waals surface area contributed by atoms with E-state index in [-0.39, 0.29) is 10.8 Å². The Hall–Kier alpha value is -6.33. The van der Waals surface area contributed by atoms with Gasteiger partial charge in [-0.25, -0.2) is 4.98 Å². The molecule has 8 aromatic rings. The lowest BCUT2D eigenvalue weighted by molar-refractivity contribution is 0.483. The quantitative estimate of drug-likeness (QED) is 0.177. The van der Waals surface area contributed by atoms with Gasteiger partial charge >= 0.3 is 0 Å². The minimum absolute atomic E-state index is 0.0114. The molecule has 0 spiro atoms. The molecule has 0 radical (unpaired) electrons. The molecule has 0 saturated carbocycles. The zero-order chi connectivity index (χ0) is 38.2. The Kier molecular flexibility index (Phi) is 7.86. The fraction of sp³-hybridized carbons (Fsp3) is 0.196. The van der Waals surface area contributed by atoms with Gasteiger partial charge in [-0.1, -0.05) is 107 Å². The molecule has 276 valence electrons. The van der Waals surface area contributed by atoms with Crippen molar-refractivity contribution in [2.45, 2.75) is 58.3 Å². The lowest BCUT2D eigenvalue weighted by atomic mass is 9.75. The highest BCUT2D eigenvalue weighted by Gasteiger charge is 2.31. The average molecular weight is 731 g/mol. The summed E-state index contributed by atoms with van der Waals surface area (Å²) in [5.74, 6) is 2.48. The van der Waals surface area contributed by atoms with Gasteiger partial charge in [-0.2, -0.15) is 0 Å². The van der Waals surface area contributed by atoms with Crippen LogP contribution in [0.15, 0.2) is 152 Å². The van der Waals surface area contributed by atoms with Gasteiger partial charge in [-0.05, 0) is 107 Å². The van der Waals surface area contributed by atoms with Gasteiger partial charge in [0.05, 0.1) is 22.4 Å². The molecule has 0 unspecified atom stereocenters. The number of para-hydroxylation sites is 3. The predicted octanol–water partition coefficient (Wildman–Crippen LogP) is 12.9. The van der Waals surface area contributed by atoms with Crippen molar-refractivity contribution in [1.82, 2.24) is 9.55 Å². The fourth-order valence-corrected chi connectivity index (χ4v) is 8.91. The van der Waals surface area contributed by atoms with Crippen LogP contribution in [0.1, 0.15) is 62.4 Å². The number of hydrogen-bond acceptors (Lipinski definition) is 4. The minimum Gasteiger partial charge on any atom is -0.457 e. The van der Waals surface area contributed by atoms with E-state index >= 15 is 0 Å². The van der Waals surface area contributed by atoms with E-state index in [1.165, 1.54) is 55.7 Å². The van der Waals surface area contributed by atoms with Crippen LogP contribution < -0.4 is 14.5 Å². The van der Waals surface area contributed by atoms with E-state index in [1.807, 2.05) is 0 Å². The smallest absolute Gasteiger partial charge is 0.137 e. The second-order valence-electron chi connectivity index (χ2n) is 16.9. The molecule has 3 aliphatic heterocycles. The minimum atomic E-state index is -0.280. The zero-order valence-corrected chi connectivity index (χ0v) is 32.8. The van der Waals surface area contributed by atoms with Gasteiger partial charge in [-0.15, -0.1) is 0 Å². The molecule has 2 aromatic heterocycles. The number of anilines is 4. The van der Waals surface area contributed by atoms with Crippen molar-refractivity contribution < 1.29 is 4.74 Å². The second-order valence-corrected chi connectivity index (χ2v) is 16.9. The number of aryl methyl sites for hydroxylation is 2. The molecule has 11 rings (SSSR count). The van der Waals surface area contributed by atoms with E-state index in [0.717, 1.165) is 46.9 Å². The van der Waals surface area contributed by atoms with Crippen LogP contribution in [0, 0.1) is 0 Å². The van der Waals surface area contributed by atoms with Gasteiger partial charge in [0.1, 0.15) is 24.0 Å². The summed E-state index contributed by atoms with van der Waals surface area (Å²) >= 11 is 0. The normalized spacial score (nSPS) is 14.0. The maximum Gasteiger partial charge on any atom is 0.137 e. The number of ether oxygens (including phenoxy) is 1. The predicted molar refractivity (Wildman–Crippen MR) is 232 cm³/mol. The molecule has 5 heterocycles. The van der Waals surface area contributed by atoms with Gasteiger partial charge in [0.2, 0.25) is 0 Å². The lowest BCUT2D eigenvalue weighted by Crippen LogP contribution is -2.25. The Balaban J connectivity index is 1.23. The molecule has 3 aliphatic rings. The van der Waals surface area contributed by atoms with Crippen LogP contribution in [0.3, 0.4) is 0 Å². The van der Waals surface area contributed by atoms with Crippen molar-refractivity contribution in [2.75, 3.05) is 16.5 Å². The molecule has 0 N–H and O–H groups in total. The first kappa shape index (κ1) is 34.2. The number of nitrogens with zero attached hydrogens (tertiary/aromatic N) is 4. The number of fused-ring (bicyclic) bond motifs is 6. The summed E-state index contributed by atoms with van der Waals surface area (Å²) in [6.45, 7) is 12.2. The topological polar surface area (TPSA) is 33.5 Å². The molecule has 0 atom stereocenters. The molecule has 5 nitrogen and oxygen atoms in total. The van der Waals surface area contributed by atoms with E-state index < -0.39 is 0 Å². The Labute approximate surface area is 329 Å². The van der Waals surface area contributed by atoms with Crippen molar-refractivity contribution in [1.29, 1.82) is 0 Å². The zero-order valence-electron chi connectivity index (χ0n) is 32.8. The first-order valence-corrected chi connectivity index (χ1v) is 19.8. The van der Waals surface area contributed by atoms with Gasteiger partial charge in [0.25, 0.3) is 0 Å². The van der Waals surface area contributed by atoms with E-state index in [2.05, 4.69) is 201 Å². The number of benzene rings is 6. The van der Waals surface area contributed by atoms with Gasteiger partial charge in [-0.3, -0.25) is 4.57 Å². The summed E-state index contributed by atoms with van der Waals surface area (Å²) in [6, 6.07) is 52.8. The molecular formula is C51H46N4O. The van der Waals surface area contributed by atoms with E-state index in [4.69, 9.17) is 9.72 Å². The third-order valence-electron chi connectivity index (χ3n) is 12.0. The number of rotatable bonds is 2. The standard InChI is InChI=1S/C51H46N4O/c1-50(2,3)37-24-27-45-42(28-37)41-26-25-40-30-48(41)55(45)49-31-43(51(4,5)36-15-7-6-8-16-36)35(32-52-49)23-22-34-14-9-10-19-44(34)54-33-53(46-20-11-12-21-47(46)54)38-17-13-18-39(29-38)56-40/h6-21,24-32H,22-23,33H2,1-5H3. The van der Waals surface area contributed by atoms with Crippen molar-refractivity contribution in [2.24, 2.45) is 0 Å². The Morgan fingerprint density at radius 2 is 1.25 bits per heavy atom. The molecule has 0 fully saturated rings.